The lowest BCUT2D eigenvalue weighted by atomic mass is 10.2. The van der Waals surface area contributed by atoms with Gasteiger partial charge in [0.1, 0.15) is 22.0 Å². The number of hydrogen-bond donors (Lipinski definition) is 0. The molecule has 3 aromatic rings. The standard InChI is InChI=1S/C22H20FN3O2S2/c23-14-9-7-13(8-10-14)21(27)26-11-2-1-5-17(22(26)28)30-20-18-15-4-3-6-16(15)29-19(18)24-12-25-20/h7-10,12,17H,1-6,11H2/t17-/m0/s1. The first-order valence-corrected chi connectivity index (χ1v) is 11.8. The summed E-state index contributed by atoms with van der Waals surface area (Å²) in [6.45, 7) is 0.388. The minimum atomic E-state index is -0.404. The number of carbonyl (C=O) groups excluding carboxylic acids is 2. The van der Waals surface area contributed by atoms with Crippen LogP contribution in [0, 0.1) is 5.82 Å². The molecule has 1 aliphatic carbocycles. The highest BCUT2D eigenvalue weighted by molar-refractivity contribution is 8.00. The number of hydrogen-bond acceptors (Lipinski definition) is 6. The van der Waals surface area contributed by atoms with Crippen molar-refractivity contribution < 1.29 is 14.0 Å². The Bertz CT molecular complexity index is 1130. The van der Waals surface area contributed by atoms with Crippen LogP contribution in [0.1, 0.15) is 46.5 Å². The second kappa shape index (κ2) is 8.07. The molecule has 0 N–H and O–H groups in total. The fourth-order valence-electron chi connectivity index (χ4n) is 4.19. The highest BCUT2D eigenvalue weighted by atomic mass is 32.2. The van der Waals surface area contributed by atoms with E-state index in [-0.39, 0.29) is 17.1 Å². The Labute approximate surface area is 181 Å². The monoisotopic (exact) mass is 441 g/mol. The van der Waals surface area contributed by atoms with Crippen LogP contribution in [0.4, 0.5) is 4.39 Å². The first-order valence-electron chi connectivity index (χ1n) is 10.1. The third kappa shape index (κ3) is 3.52. The highest BCUT2D eigenvalue weighted by Crippen LogP contribution is 2.42. The summed E-state index contributed by atoms with van der Waals surface area (Å²) in [5.41, 5.74) is 1.66. The normalized spacial score (nSPS) is 19.2. The lowest BCUT2D eigenvalue weighted by molar-refractivity contribution is -0.127. The van der Waals surface area contributed by atoms with Crippen LogP contribution in [0.25, 0.3) is 10.2 Å². The fourth-order valence-corrected chi connectivity index (χ4v) is 6.71. The van der Waals surface area contributed by atoms with Crippen molar-refractivity contribution in [3.8, 4) is 0 Å². The Morgan fingerprint density at radius 3 is 2.80 bits per heavy atom. The molecule has 30 heavy (non-hydrogen) atoms. The molecule has 1 fully saturated rings. The molecule has 5 nitrogen and oxygen atoms in total. The number of thioether (sulfide) groups is 1. The van der Waals surface area contributed by atoms with E-state index in [4.69, 9.17) is 0 Å². The van der Waals surface area contributed by atoms with Crippen LogP contribution in [-0.2, 0) is 17.6 Å². The van der Waals surface area contributed by atoms with Crippen LogP contribution < -0.4 is 0 Å². The summed E-state index contributed by atoms with van der Waals surface area (Å²) >= 11 is 3.18. The van der Waals surface area contributed by atoms with Crippen molar-refractivity contribution in [2.45, 2.75) is 48.8 Å². The quantitative estimate of drug-likeness (QED) is 0.438. The Morgan fingerprint density at radius 1 is 1.13 bits per heavy atom. The lowest BCUT2D eigenvalue weighted by Crippen LogP contribution is -2.41. The van der Waals surface area contributed by atoms with Crippen LogP contribution >= 0.6 is 23.1 Å². The molecule has 2 amide bonds. The predicted octanol–water partition coefficient (Wildman–Crippen LogP) is 4.63. The second-order valence-corrected chi connectivity index (χ2v) is 9.90. The molecule has 1 aromatic carbocycles. The first-order chi connectivity index (χ1) is 14.6. The van der Waals surface area contributed by atoms with Crippen molar-refractivity contribution in [1.82, 2.24) is 14.9 Å². The number of thiophene rings is 1. The Morgan fingerprint density at radius 2 is 1.97 bits per heavy atom. The van der Waals surface area contributed by atoms with Crippen molar-refractivity contribution in [2.75, 3.05) is 6.54 Å². The Balaban J connectivity index is 1.43. The molecule has 2 aliphatic rings. The van der Waals surface area contributed by atoms with Gasteiger partial charge in [-0.05, 0) is 61.9 Å². The summed E-state index contributed by atoms with van der Waals surface area (Å²) in [6, 6.07) is 5.36. The molecule has 0 radical (unpaired) electrons. The van der Waals surface area contributed by atoms with Gasteiger partial charge in [0.05, 0.1) is 5.25 Å². The molecule has 2 aromatic heterocycles. The van der Waals surface area contributed by atoms with Gasteiger partial charge < -0.3 is 0 Å². The lowest BCUT2D eigenvalue weighted by Gasteiger charge is -2.22. The summed E-state index contributed by atoms with van der Waals surface area (Å²) < 4.78 is 13.2. The number of amides is 2. The summed E-state index contributed by atoms with van der Waals surface area (Å²) in [6.07, 6.45) is 7.17. The number of likely N-dealkylation sites (tertiary alicyclic amines) is 1. The van der Waals surface area contributed by atoms with Crippen molar-refractivity contribution >= 4 is 45.1 Å². The predicted molar refractivity (Wildman–Crippen MR) is 115 cm³/mol. The van der Waals surface area contributed by atoms with Gasteiger partial charge in [-0.1, -0.05) is 18.2 Å². The maximum absolute atomic E-state index is 13.3. The largest absolute Gasteiger partial charge is 0.278 e. The highest BCUT2D eigenvalue weighted by Gasteiger charge is 2.33. The van der Waals surface area contributed by atoms with Gasteiger partial charge in [-0.3, -0.25) is 14.5 Å². The molecule has 1 saturated heterocycles. The summed E-state index contributed by atoms with van der Waals surface area (Å²) in [5.74, 6) is -0.958. The second-order valence-electron chi connectivity index (χ2n) is 7.62. The molecule has 8 heteroatoms. The topological polar surface area (TPSA) is 63.2 Å². The number of aromatic nitrogens is 2. The van der Waals surface area contributed by atoms with Gasteiger partial charge in [0, 0.05) is 22.4 Å². The molecular formula is C22H20FN3O2S2. The van der Waals surface area contributed by atoms with Crippen LogP contribution in [-0.4, -0.2) is 38.5 Å². The van der Waals surface area contributed by atoms with E-state index in [2.05, 4.69) is 9.97 Å². The van der Waals surface area contributed by atoms with Crippen molar-refractivity contribution in [3.05, 3.63) is 52.4 Å². The van der Waals surface area contributed by atoms with E-state index in [0.29, 0.717) is 18.5 Å². The van der Waals surface area contributed by atoms with Gasteiger partial charge in [-0.2, -0.15) is 0 Å². The van der Waals surface area contributed by atoms with Gasteiger partial charge in [0.25, 0.3) is 5.91 Å². The number of rotatable bonds is 3. The smallest absolute Gasteiger partial charge is 0.260 e. The summed E-state index contributed by atoms with van der Waals surface area (Å²) in [7, 11) is 0. The molecule has 0 spiro atoms. The summed E-state index contributed by atoms with van der Waals surface area (Å²) in [4.78, 5) is 38.9. The summed E-state index contributed by atoms with van der Waals surface area (Å²) in [5, 5.41) is 1.56. The van der Waals surface area contributed by atoms with Crippen molar-refractivity contribution in [3.63, 3.8) is 0 Å². The van der Waals surface area contributed by atoms with Gasteiger partial charge in [0.2, 0.25) is 5.91 Å². The molecule has 5 rings (SSSR count). The number of aryl methyl sites for hydroxylation is 2. The SMILES string of the molecule is O=C(c1ccc(F)cc1)N1CCCC[C@H](Sc2ncnc3sc4c(c23)CCC4)C1=O. The van der Waals surface area contributed by atoms with Crippen LogP contribution in [0.2, 0.25) is 0 Å². The van der Waals surface area contributed by atoms with E-state index >= 15 is 0 Å². The maximum Gasteiger partial charge on any atom is 0.260 e. The van der Waals surface area contributed by atoms with E-state index in [0.717, 1.165) is 47.3 Å². The van der Waals surface area contributed by atoms with Gasteiger partial charge in [0.15, 0.2) is 0 Å². The van der Waals surface area contributed by atoms with Crippen molar-refractivity contribution in [2.24, 2.45) is 0 Å². The number of halogens is 1. The third-order valence-electron chi connectivity index (χ3n) is 5.70. The van der Waals surface area contributed by atoms with Gasteiger partial charge in [-0.15, -0.1) is 11.3 Å². The molecule has 1 atom stereocenters. The number of nitrogens with zero attached hydrogens (tertiary/aromatic N) is 3. The van der Waals surface area contributed by atoms with Crippen LogP contribution in [0.3, 0.4) is 0 Å². The van der Waals surface area contributed by atoms with E-state index in [1.807, 2.05) is 0 Å². The Hall–Kier alpha value is -2.32. The average Bonchev–Trinajstić information content (AvgIpc) is 3.29. The minimum absolute atomic E-state index is 0.189. The number of benzene rings is 1. The zero-order chi connectivity index (χ0) is 20.7. The molecular weight excluding hydrogens is 421 g/mol. The van der Waals surface area contributed by atoms with E-state index in [1.165, 1.54) is 51.4 Å². The van der Waals surface area contributed by atoms with E-state index in [9.17, 15) is 14.0 Å². The molecule has 0 saturated carbocycles. The number of carbonyl (C=O) groups is 2. The fraction of sp³-hybridized carbons (Fsp3) is 0.364. The van der Waals surface area contributed by atoms with Gasteiger partial charge >= 0.3 is 0 Å². The molecule has 1 aliphatic heterocycles. The minimum Gasteiger partial charge on any atom is -0.278 e. The average molecular weight is 442 g/mol. The molecule has 0 unspecified atom stereocenters. The van der Waals surface area contributed by atoms with Crippen molar-refractivity contribution in [1.29, 1.82) is 0 Å². The maximum atomic E-state index is 13.3. The third-order valence-corrected chi connectivity index (χ3v) is 8.15. The van der Waals surface area contributed by atoms with Crippen LogP contribution in [0.5, 0.6) is 0 Å². The zero-order valence-corrected chi connectivity index (χ0v) is 17.9. The Kier molecular flexibility index (Phi) is 5.28. The molecule has 154 valence electrons. The zero-order valence-electron chi connectivity index (χ0n) is 16.3. The van der Waals surface area contributed by atoms with E-state index < -0.39 is 5.82 Å². The number of imide groups is 1. The number of fused-ring (bicyclic) bond motifs is 3. The van der Waals surface area contributed by atoms with Gasteiger partial charge in [-0.25, -0.2) is 14.4 Å². The first kappa shape index (κ1) is 19.6. The molecule has 3 heterocycles. The molecule has 0 bridgehead atoms. The van der Waals surface area contributed by atoms with E-state index in [1.54, 1.807) is 17.7 Å². The van der Waals surface area contributed by atoms with Crippen LogP contribution in [0.15, 0.2) is 35.6 Å².